The zero-order chi connectivity index (χ0) is 26.0. The van der Waals surface area contributed by atoms with Gasteiger partial charge in [0.25, 0.3) is 0 Å². The zero-order valence-corrected chi connectivity index (χ0v) is 23.2. The Labute approximate surface area is 235 Å². The zero-order valence-electron chi connectivity index (χ0n) is 21.6. The van der Waals surface area contributed by atoms with Crippen molar-refractivity contribution in [3.63, 3.8) is 0 Å². The van der Waals surface area contributed by atoms with Crippen LogP contribution >= 0.6 is 24.0 Å². The topological polar surface area (TPSA) is 82.5 Å². The highest BCUT2D eigenvalue weighted by atomic mass is 35.5. The van der Waals surface area contributed by atoms with Gasteiger partial charge in [0, 0.05) is 29.3 Å². The maximum atomic E-state index is 8.99. The minimum atomic E-state index is 0. The van der Waals surface area contributed by atoms with Gasteiger partial charge in [-0.1, -0.05) is 49.6 Å². The van der Waals surface area contributed by atoms with Crippen LogP contribution in [0.4, 0.5) is 5.82 Å². The molecular formula is C30H35Cl2N3O3. The summed E-state index contributed by atoms with van der Waals surface area (Å²) in [5.74, 6) is 1.72. The minimum Gasteiger partial charge on any atom is -0.494 e. The smallest absolute Gasteiger partial charge is 0.166 e. The van der Waals surface area contributed by atoms with E-state index in [0.717, 1.165) is 47.0 Å². The van der Waals surface area contributed by atoms with Gasteiger partial charge in [0.2, 0.25) is 0 Å². The Morgan fingerprint density at radius 1 is 0.868 bits per heavy atom. The third kappa shape index (κ3) is 7.44. The van der Waals surface area contributed by atoms with Crippen molar-refractivity contribution in [1.82, 2.24) is 9.55 Å². The molecule has 0 aliphatic heterocycles. The predicted molar refractivity (Wildman–Crippen MR) is 158 cm³/mol. The molecule has 0 atom stereocenters. The van der Waals surface area contributed by atoms with Gasteiger partial charge in [-0.05, 0) is 66.6 Å². The first-order valence-electron chi connectivity index (χ1n) is 12.8. The summed E-state index contributed by atoms with van der Waals surface area (Å²) in [6.07, 6.45) is 3.94. The van der Waals surface area contributed by atoms with Crippen LogP contribution in [0.2, 0.25) is 5.02 Å². The molecule has 0 bridgehead atoms. The molecule has 38 heavy (non-hydrogen) atoms. The number of hydrogen-bond donors (Lipinski definition) is 2. The fourth-order valence-electron chi connectivity index (χ4n) is 4.18. The molecule has 4 rings (SSSR count). The monoisotopic (exact) mass is 555 g/mol. The number of halogens is 2. The van der Waals surface area contributed by atoms with Gasteiger partial charge in [-0.3, -0.25) is 0 Å². The average Bonchev–Trinajstić information content (AvgIpc) is 3.31. The maximum Gasteiger partial charge on any atom is 0.166 e. The van der Waals surface area contributed by atoms with Crippen molar-refractivity contribution in [2.24, 2.45) is 0 Å². The van der Waals surface area contributed by atoms with Gasteiger partial charge in [0.05, 0.1) is 31.1 Å². The summed E-state index contributed by atoms with van der Waals surface area (Å²) >= 11 is 6.59. The number of aromatic nitrogens is 2. The van der Waals surface area contributed by atoms with Crippen LogP contribution in [0.3, 0.4) is 0 Å². The second-order valence-electron chi connectivity index (χ2n) is 8.86. The molecule has 0 saturated heterocycles. The van der Waals surface area contributed by atoms with Gasteiger partial charge < -0.3 is 24.9 Å². The molecule has 0 unspecified atom stereocenters. The number of aliphatic hydroxyl groups is 1. The molecule has 0 fully saturated rings. The van der Waals surface area contributed by atoms with E-state index in [1.54, 1.807) is 0 Å². The van der Waals surface area contributed by atoms with Crippen LogP contribution in [0.15, 0.2) is 72.8 Å². The lowest BCUT2D eigenvalue weighted by atomic mass is 10.1. The van der Waals surface area contributed by atoms with Crippen LogP contribution in [0, 0.1) is 0 Å². The summed E-state index contributed by atoms with van der Waals surface area (Å²) in [6, 6.07) is 24.0. The number of nitrogens with two attached hydrogens (primary N) is 1. The molecule has 0 radical (unpaired) electrons. The number of benzene rings is 2. The standard InChI is InChI=1S/C30H34ClN3O3.ClH/c1-2-3-6-19-36-24-13-10-22(11-14-24)27-15-16-28(25-8-4-5-9-26(25)31)34(27)21-23-12-17-29(30(32)33-23)37-20-7-18-35;/h4-5,8-17,35H,2-3,6-7,18-21H2,1H3,(H2,32,33);1H. The summed E-state index contributed by atoms with van der Waals surface area (Å²) in [6.45, 7) is 3.87. The molecule has 0 amide bonds. The van der Waals surface area contributed by atoms with E-state index in [1.807, 2.05) is 48.5 Å². The average molecular weight is 557 g/mol. The third-order valence-corrected chi connectivity index (χ3v) is 6.45. The van der Waals surface area contributed by atoms with Crippen LogP contribution in [0.5, 0.6) is 11.5 Å². The number of nitrogen functional groups attached to an aromatic ring is 1. The lowest BCUT2D eigenvalue weighted by Gasteiger charge is -2.16. The predicted octanol–water partition coefficient (Wildman–Crippen LogP) is 7.25. The SMILES string of the molecule is CCCCCOc1ccc(-c2ccc(-c3ccccc3Cl)n2Cc2ccc(OCCCO)c(N)n2)cc1.Cl. The number of rotatable bonds is 13. The van der Waals surface area contributed by atoms with Gasteiger partial charge >= 0.3 is 0 Å². The van der Waals surface area contributed by atoms with Crippen molar-refractivity contribution < 1.29 is 14.6 Å². The fraction of sp³-hybridized carbons (Fsp3) is 0.300. The molecule has 4 aromatic rings. The molecule has 0 saturated carbocycles. The van der Waals surface area contributed by atoms with Gasteiger partial charge in [-0.15, -0.1) is 12.4 Å². The van der Waals surface area contributed by atoms with Gasteiger partial charge in [0.1, 0.15) is 5.75 Å². The second kappa shape index (κ2) is 14.7. The Kier molecular flexibility index (Phi) is 11.3. The molecule has 8 heteroatoms. The molecule has 202 valence electrons. The first kappa shape index (κ1) is 29.4. The minimum absolute atomic E-state index is 0. The molecule has 2 aromatic carbocycles. The van der Waals surface area contributed by atoms with E-state index < -0.39 is 0 Å². The quantitative estimate of drug-likeness (QED) is 0.170. The van der Waals surface area contributed by atoms with Crippen molar-refractivity contribution in [2.45, 2.75) is 39.2 Å². The van der Waals surface area contributed by atoms with E-state index in [4.69, 9.17) is 31.9 Å². The summed E-state index contributed by atoms with van der Waals surface area (Å²) < 4.78 is 13.7. The van der Waals surface area contributed by atoms with Crippen LogP contribution in [-0.2, 0) is 6.54 Å². The van der Waals surface area contributed by atoms with E-state index in [-0.39, 0.29) is 19.0 Å². The lowest BCUT2D eigenvalue weighted by Crippen LogP contribution is -2.08. The van der Waals surface area contributed by atoms with E-state index in [2.05, 4.69) is 40.7 Å². The van der Waals surface area contributed by atoms with E-state index >= 15 is 0 Å². The first-order valence-corrected chi connectivity index (χ1v) is 13.1. The van der Waals surface area contributed by atoms with Crippen molar-refractivity contribution in [3.8, 4) is 34.0 Å². The molecule has 0 spiro atoms. The Bertz CT molecular complexity index is 1290. The van der Waals surface area contributed by atoms with Crippen LogP contribution in [-0.4, -0.2) is 34.5 Å². The fourth-order valence-corrected chi connectivity index (χ4v) is 4.41. The van der Waals surface area contributed by atoms with Crippen molar-refractivity contribution >= 4 is 29.8 Å². The molecule has 0 aliphatic carbocycles. The summed E-state index contributed by atoms with van der Waals surface area (Å²) in [5.41, 5.74) is 11.0. The normalized spacial score (nSPS) is 10.7. The van der Waals surface area contributed by atoms with Crippen LogP contribution in [0.25, 0.3) is 22.5 Å². The molecular weight excluding hydrogens is 521 g/mol. The van der Waals surface area contributed by atoms with E-state index in [9.17, 15) is 0 Å². The second-order valence-corrected chi connectivity index (χ2v) is 9.27. The van der Waals surface area contributed by atoms with Crippen molar-refractivity contribution in [1.29, 1.82) is 0 Å². The summed E-state index contributed by atoms with van der Waals surface area (Å²) in [4.78, 5) is 4.60. The molecule has 3 N–H and O–H groups in total. The molecule has 2 aromatic heterocycles. The Hall–Kier alpha value is -3.19. The summed E-state index contributed by atoms with van der Waals surface area (Å²) in [5, 5.41) is 9.67. The van der Waals surface area contributed by atoms with Crippen molar-refractivity contribution in [3.05, 3.63) is 83.5 Å². The Morgan fingerprint density at radius 2 is 1.61 bits per heavy atom. The van der Waals surface area contributed by atoms with E-state index in [1.165, 1.54) is 12.8 Å². The van der Waals surface area contributed by atoms with Gasteiger partial charge in [-0.2, -0.15) is 0 Å². The largest absolute Gasteiger partial charge is 0.494 e. The highest BCUT2D eigenvalue weighted by molar-refractivity contribution is 6.33. The maximum absolute atomic E-state index is 8.99. The highest BCUT2D eigenvalue weighted by Gasteiger charge is 2.16. The van der Waals surface area contributed by atoms with Gasteiger partial charge in [0.15, 0.2) is 11.6 Å². The highest BCUT2D eigenvalue weighted by Crippen LogP contribution is 2.34. The number of ether oxygens (including phenoxy) is 2. The van der Waals surface area contributed by atoms with Crippen LogP contribution in [0.1, 0.15) is 38.3 Å². The Balaban J connectivity index is 0.00000400. The lowest BCUT2D eigenvalue weighted by molar-refractivity contribution is 0.234. The molecule has 6 nitrogen and oxygen atoms in total. The number of anilines is 1. The first-order chi connectivity index (χ1) is 18.1. The van der Waals surface area contributed by atoms with Crippen molar-refractivity contribution in [2.75, 3.05) is 25.6 Å². The molecule has 2 heterocycles. The molecule has 0 aliphatic rings. The van der Waals surface area contributed by atoms with Crippen LogP contribution < -0.4 is 15.2 Å². The number of unbranched alkanes of at least 4 members (excludes halogenated alkanes) is 2. The van der Waals surface area contributed by atoms with Gasteiger partial charge in [-0.25, -0.2) is 4.98 Å². The summed E-state index contributed by atoms with van der Waals surface area (Å²) in [7, 11) is 0. The Morgan fingerprint density at radius 3 is 2.32 bits per heavy atom. The third-order valence-electron chi connectivity index (χ3n) is 6.12. The number of aliphatic hydroxyl groups excluding tert-OH is 1. The van der Waals surface area contributed by atoms with E-state index in [0.29, 0.717) is 36.2 Å². The number of nitrogens with zero attached hydrogens (tertiary/aromatic N) is 2. The number of pyridine rings is 1. The number of hydrogen-bond acceptors (Lipinski definition) is 5.